The van der Waals surface area contributed by atoms with Crippen molar-refractivity contribution in [2.75, 3.05) is 17.2 Å². The number of nitrogens with zero attached hydrogens (tertiary/aromatic N) is 2. The average Bonchev–Trinajstić information content (AvgIpc) is 3.55. The largest absolute Gasteiger partial charge is 0.468 e. The fourth-order valence-corrected chi connectivity index (χ4v) is 6.12. The van der Waals surface area contributed by atoms with Gasteiger partial charge in [-0.3, -0.25) is 4.55 Å². The minimum absolute atomic E-state index is 0.0572. The van der Waals surface area contributed by atoms with Gasteiger partial charge >= 0.3 is 5.89 Å². The van der Waals surface area contributed by atoms with Gasteiger partial charge in [-0.1, -0.05) is 85.3 Å². The number of hydrogen-bond acceptors (Lipinski definition) is 5. The molecule has 0 amide bonds. The summed E-state index contributed by atoms with van der Waals surface area (Å²) < 4.78 is 47.6. The molecule has 2 heterocycles. The third-order valence-corrected chi connectivity index (χ3v) is 8.65. The van der Waals surface area contributed by atoms with Crippen molar-refractivity contribution in [3.63, 3.8) is 0 Å². The van der Waals surface area contributed by atoms with Crippen molar-refractivity contribution in [2.45, 2.75) is 39.5 Å². The molecule has 1 aliphatic rings. The standard InChI is InChI=1S/C35H34N2O5S/c1-3-25(21-34-36(4-2)30-23-28(15-17-32(30)41-34)26-11-7-5-8-12-26)22-35-37(19-20-43(38,39)40)31-24-29(16-18-33(31)42-35)27-13-9-6-10-14-27/h5-18,22-24,34H,3-4,19-21H2,1-2H3/p+1/b25-22-. The van der Waals surface area contributed by atoms with E-state index in [-0.39, 0.29) is 12.8 Å². The van der Waals surface area contributed by atoms with Gasteiger partial charge in [0.25, 0.3) is 15.6 Å². The second-order valence-corrected chi connectivity index (χ2v) is 12.3. The molecule has 5 aromatic rings. The van der Waals surface area contributed by atoms with Crippen molar-refractivity contribution in [1.29, 1.82) is 0 Å². The van der Waals surface area contributed by atoms with Gasteiger partial charge in [-0.05, 0) is 53.8 Å². The minimum atomic E-state index is -4.18. The molecule has 4 aromatic carbocycles. The van der Waals surface area contributed by atoms with Crippen LogP contribution in [0.3, 0.4) is 0 Å². The van der Waals surface area contributed by atoms with Crippen molar-refractivity contribution >= 4 is 33.0 Å². The zero-order chi connectivity index (χ0) is 30.0. The number of rotatable bonds is 10. The van der Waals surface area contributed by atoms with Gasteiger partial charge in [-0.15, -0.1) is 0 Å². The van der Waals surface area contributed by atoms with E-state index in [1.807, 2.05) is 83.4 Å². The molecule has 6 rings (SSSR count). The zero-order valence-corrected chi connectivity index (χ0v) is 25.1. The summed E-state index contributed by atoms with van der Waals surface area (Å²) >= 11 is 0. The van der Waals surface area contributed by atoms with Gasteiger partial charge < -0.3 is 14.1 Å². The van der Waals surface area contributed by atoms with Crippen molar-refractivity contribution in [3.8, 4) is 28.0 Å². The lowest BCUT2D eigenvalue weighted by molar-refractivity contribution is -0.673. The first kappa shape index (κ1) is 28.7. The summed E-state index contributed by atoms with van der Waals surface area (Å²) in [5.41, 5.74) is 7.92. The third kappa shape index (κ3) is 6.21. The Morgan fingerprint density at radius 3 is 2.16 bits per heavy atom. The Morgan fingerprint density at radius 1 is 0.884 bits per heavy atom. The smallest absolute Gasteiger partial charge is 0.374 e. The molecule has 0 bridgehead atoms. The maximum Gasteiger partial charge on any atom is 0.374 e. The van der Waals surface area contributed by atoms with Crippen molar-refractivity contribution in [3.05, 3.63) is 109 Å². The van der Waals surface area contributed by atoms with E-state index in [2.05, 4.69) is 43.0 Å². The molecular formula is C35H35N2O5S+. The summed E-state index contributed by atoms with van der Waals surface area (Å²) in [5.74, 6) is 0.978. The van der Waals surface area contributed by atoms with Gasteiger partial charge in [0.1, 0.15) is 11.5 Å². The second kappa shape index (κ2) is 12.1. The van der Waals surface area contributed by atoms with Crippen LogP contribution in [0.5, 0.6) is 5.75 Å². The molecule has 0 radical (unpaired) electrons. The van der Waals surface area contributed by atoms with Gasteiger partial charge in [0.05, 0.1) is 11.8 Å². The Morgan fingerprint density at radius 2 is 1.53 bits per heavy atom. The highest BCUT2D eigenvalue weighted by Gasteiger charge is 2.31. The summed E-state index contributed by atoms with van der Waals surface area (Å²) in [6.45, 7) is 5.06. The van der Waals surface area contributed by atoms with E-state index in [1.165, 1.54) is 0 Å². The molecule has 0 aliphatic carbocycles. The molecule has 0 saturated heterocycles. The molecule has 8 heteroatoms. The normalized spacial score (nSPS) is 15.1. The maximum absolute atomic E-state index is 11.7. The molecule has 1 unspecified atom stereocenters. The second-order valence-electron chi connectivity index (χ2n) is 10.7. The van der Waals surface area contributed by atoms with Crippen LogP contribution in [0.4, 0.5) is 5.69 Å². The first-order valence-electron chi connectivity index (χ1n) is 14.6. The molecule has 7 nitrogen and oxygen atoms in total. The van der Waals surface area contributed by atoms with Gasteiger partial charge in [-0.25, -0.2) is 0 Å². The molecule has 0 saturated carbocycles. The Hall–Kier alpha value is -4.40. The molecule has 1 aliphatic heterocycles. The first-order valence-corrected chi connectivity index (χ1v) is 16.2. The lowest BCUT2D eigenvalue weighted by Gasteiger charge is -2.24. The number of anilines is 1. The highest BCUT2D eigenvalue weighted by atomic mass is 32.2. The number of oxazole rings is 1. The van der Waals surface area contributed by atoms with Gasteiger partial charge in [-0.2, -0.15) is 13.0 Å². The summed E-state index contributed by atoms with van der Waals surface area (Å²) in [6, 6.07) is 32.5. The average molecular weight is 596 g/mol. The molecular weight excluding hydrogens is 560 g/mol. The van der Waals surface area contributed by atoms with Crippen LogP contribution in [0.2, 0.25) is 0 Å². The zero-order valence-electron chi connectivity index (χ0n) is 24.3. The number of aromatic nitrogens is 1. The van der Waals surface area contributed by atoms with Crippen molar-refractivity contribution in [1.82, 2.24) is 0 Å². The summed E-state index contributed by atoms with van der Waals surface area (Å²) in [5, 5.41) is 0. The van der Waals surface area contributed by atoms with E-state index in [9.17, 15) is 13.0 Å². The topological polar surface area (TPSA) is 83.9 Å². The van der Waals surface area contributed by atoms with E-state index in [1.54, 1.807) is 0 Å². The van der Waals surface area contributed by atoms with Crippen LogP contribution >= 0.6 is 0 Å². The SMILES string of the molecule is CC/C(=C/c1oc2ccc(-c3ccccc3)cc2[n+]1CCS(=O)(=O)O)CC1Oc2ccc(-c3ccccc3)cc2N1CC. The lowest BCUT2D eigenvalue weighted by Crippen LogP contribution is -2.39. The highest BCUT2D eigenvalue weighted by molar-refractivity contribution is 7.85. The fraction of sp³-hybridized carbons (Fsp3) is 0.229. The molecule has 1 atom stereocenters. The summed E-state index contributed by atoms with van der Waals surface area (Å²) in [7, 11) is -4.18. The first-order chi connectivity index (χ1) is 20.8. The maximum atomic E-state index is 11.7. The van der Waals surface area contributed by atoms with Crippen LogP contribution < -0.4 is 14.2 Å². The minimum Gasteiger partial charge on any atom is -0.468 e. The van der Waals surface area contributed by atoms with Crippen LogP contribution in [-0.2, 0) is 16.7 Å². The quantitative estimate of drug-likeness (QED) is 0.134. The third-order valence-electron chi connectivity index (χ3n) is 7.96. The summed E-state index contributed by atoms with van der Waals surface area (Å²) in [6.07, 6.45) is 3.21. The van der Waals surface area contributed by atoms with Crippen LogP contribution in [0, 0.1) is 0 Å². The Kier molecular flexibility index (Phi) is 8.06. The molecule has 1 aromatic heterocycles. The molecule has 0 spiro atoms. The predicted octanol–water partition coefficient (Wildman–Crippen LogP) is 7.37. The van der Waals surface area contributed by atoms with Crippen LogP contribution in [0.25, 0.3) is 39.4 Å². The Labute approximate surface area is 252 Å². The van der Waals surface area contributed by atoms with E-state index < -0.39 is 15.9 Å². The van der Waals surface area contributed by atoms with Gasteiger partial charge in [0.15, 0.2) is 12.8 Å². The van der Waals surface area contributed by atoms with Crippen molar-refractivity contribution in [2.24, 2.45) is 0 Å². The van der Waals surface area contributed by atoms with Crippen LogP contribution in [0.1, 0.15) is 32.6 Å². The Balaban J connectivity index is 1.33. The van der Waals surface area contributed by atoms with Crippen LogP contribution in [0.15, 0.2) is 107 Å². The number of fused-ring (bicyclic) bond motifs is 2. The fourth-order valence-electron chi connectivity index (χ4n) is 5.70. The van der Waals surface area contributed by atoms with Crippen LogP contribution in [-0.4, -0.2) is 31.5 Å². The highest BCUT2D eigenvalue weighted by Crippen LogP contribution is 2.41. The molecule has 0 fully saturated rings. The lowest BCUT2D eigenvalue weighted by atomic mass is 10.0. The number of aryl methyl sites for hydroxylation is 1. The monoisotopic (exact) mass is 595 g/mol. The molecule has 220 valence electrons. The predicted molar refractivity (Wildman–Crippen MR) is 170 cm³/mol. The Bertz CT molecular complexity index is 1880. The van der Waals surface area contributed by atoms with E-state index in [0.717, 1.165) is 57.7 Å². The number of benzene rings is 4. The van der Waals surface area contributed by atoms with Gasteiger partial charge in [0.2, 0.25) is 5.58 Å². The number of hydrogen-bond donors (Lipinski definition) is 1. The van der Waals surface area contributed by atoms with E-state index in [0.29, 0.717) is 17.9 Å². The number of ether oxygens (including phenoxy) is 1. The summed E-state index contributed by atoms with van der Waals surface area (Å²) in [4.78, 5) is 2.28. The molecule has 43 heavy (non-hydrogen) atoms. The molecule has 1 N–H and O–H groups in total. The van der Waals surface area contributed by atoms with E-state index in [4.69, 9.17) is 9.15 Å². The van der Waals surface area contributed by atoms with Gasteiger partial charge in [0, 0.05) is 19.0 Å². The van der Waals surface area contributed by atoms with Crippen molar-refractivity contribution < 1.29 is 26.7 Å². The van der Waals surface area contributed by atoms with E-state index >= 15 is 0 Å².